The molecule has 0 atom stereocenters. The van der Waals surface area contributed by atoms with E-state index in [-0.39, 0.29) is 12.0 Å². The second kappa shape index (κ2) is 3.81. The van der Waals surface area contributed by atoms with Crippen molar-refractivity contribution >= 4 is 5.97 Å². The first kappa shape index (κ1) is 11.0. The molecule has 2 rings (SSSR count). The van der Waals surface area contributed by atoms with Gasteiger partial charge in [0.15, 0.2) is 0 Å². The van der Waals surface area contributed by atoms with Gasteiger partial charge < -0.3 is 9.84 Å². The second-order valence-corrected chi connectivity index (χ2v) is 4.84. The Morgan fingerprint density at radius 1 is 1.50 bits per heavy atom. The van der Waals surface area contributed by atoms with Crippen LogP contribution in [0.2, 0.25) is 0 Å². The van der Waals surface area contributed by atoms with E-state index in [9.17, 15) is 4.79 Å². The van der Waals surface area contributed by atoms with E-state index in [0.717, 1.165) is 29.7 Å². The molecule has 1 aromatic rings. The van der Waals surface area contributed by atoms with Gasteiger partial charge in [0, 0.05) is 5.56 Å². The number of aryl methyl sites for hydroxylation is 1. The molecule has 0 saturated carbocycles. The van der Waals surface area contributed by atoms with Gasteiger partial charge in [-0.25, -0.2) is 0 Å². The Labute approximate surface area is 95.0 Å². The molecule has 1 aliphatic heterocycles. The van der Waals surface area contributed by atoms with Crippen LogP contribution in [0, 0.1) is 0 Å². The molecule has 1 heterocycles. The Morgan fingerprint density at radius 3 is 2.94 bits per heavy atom. The summed E-state index contributed by atoms with van der Waals surface area (Å²) in [7, 11) is 0. The molecule has 0 aliphatic carbocycles. The third-order valence-electron chi connectivity index (χ3n) is 2.89. The molecule has 0 saturated heterocycles. The number of carboxylic acid groups (broad SMARTS) is 1. The van der Waals surface area contributed by atoms with E-state index in [2.05, 4.69) is 0 Å². The zero-order valence-electron chi connectivity index (χ0n) is 9.62. The van der Waals surface area contributed by atoms with Gasteiger partial charge >= 0.3 is 5.97 Å². The fourth-order valence-corrected chi connectivity index (χ4v) is 2.03. The summed E-state index contributed by atoms with van der Waals surface area (Å²) in [5.74, 6) is -0.0403. The van der Waals surface area contributed by atoms with Crippen molar-refractivity contribution in [3.63, 3.8) is 0 Å². The van der Waals surface area contributed by atoms with E-state index in [4.69, 9.17) is 9.84 Å². The van der Waals surface area contributed by atoms with Crippen LogP contribution in [-0.4, -0.2) is 16.7 Å². The van der Waals surface area contributed by atoms with Gasteiger partial charge in [0.05, 0.1) is 6.42 Å². The first-order valence-corrected chi connectivity index (χ1v) is 5.49. The number of carboxylic acids is 1. The van der Waals surface area contributed by atoms with Gasteiger partial charge in [-0.15, -0.1) is 0 Å². The van der Waals surface area contributed by atoms with Gasteiger partial charge in [0.2, 0.25) is 0 Å². The van der Waals surface area contributed by atoms with Crippen molar-refractivity contribution < 1.29 is 14.6 Å². The van der Waals surface area contributed by atoms with Crippen LogP contribution >= 0.6 is 0 Å². The van der Waals surface area contributed by atoms with E-state index in [0.29, 0.717) is 0 Å². The number of carbonyl (C=O) groups is 1. The van der Waals surface area contributed by atoms with E-state index in [1.54, 1.807) is 0 Å². The number of fused-ring (bicyclic) bond motifs is 1. The summed E-state index contributed by atoms with van der Waals surface area (Å²) in [6.07, 6.45) is 1.95. The molecule has 0 amide bonds. The van der Waals surface area contributed by atoms with Crippen LogP contribution in [0.3, 0.4) is 0 Å². The lowest BCUT2D eigenvalue weighted by Gasteiger charge is -2.33. The molecule has 1 aromatic carbocycles. The predicted octanol–water partition coefficient (Wildman–Crippen LogP) is 2.42. The lowest BCUT2D eigenvalue weighted by atomic mass is 9.92. The summed E-state index contributed by atoms with van der Waals surface area (Å²) < 4.78 is 5.89. The molecule has 0 fully saturated rings. The summed E-state index contributed by atoms with van der Waals surface area (Å²) in [5.41, 5.74) is 1.71. The average Bonchev–Trinajstić information content (AvgIpc) is 2.17. The molecule has 1 N–H and O–H groups in total. The van der Waals surface area contributed by atoms with Gasteiger partial charge in [-0.1, -0.05) is 18.2 Å². The molecule has 3 nitrogen and oxygen atoms in total. The highest BCUT2D eigenvalue weighted by molar-refractivity contribution is 5.71. The van der Waals surface area contributed by atoms with E-state index >= 15 is 0 Å². The number of hydrogen-bond acceptors (Lipinski definition) is 2. The largest absolute Gasteiger partial charge is 0.487 e. The molecule has 0 radical (unpaired) electrons. The fourth-order valence-electron chi connectivity index (χ4n) is 2.03. The fraction of sp³-hybridized carbons (Fsp3) is 0.462. The van der Waals surface area contributed by atoms with Crippen LogP contribution in [0.1, 0.15) is 31.4 Å². The van der Waals surface area contributed by atoms with Crippen molar-refractivity contribution in [1.29, 1.82) is 0 Å². The maximum absolute atomic E-state index is 10.8. The van der Waals surface area contributed by atoms with Crippen LogP contribution in [0.5, 0.6) is 5.75 Å². The molecular weight excluding hydrogens is 204 g/mol. The normalized spacial score (nSPS) is 17.4. The second-order valence-electron chi connectivity index (χ2n) is 4.84. The van der Waals surface area contributed by atoms with Crippen LogP contribution < -0.4 is 4.74 Å². The quantitative estimate of drug-likeness (QED) is 0.832. The Hall–Kier alpha value is -1.51. The van der Waals surface area contributed by atoms with Crippen LogP contribution in [0.25, 0.3) is 0 Å². The molecule has 0 aromatic heterocycles. The van der Waals surface area contributed by atoms with Crippen LogP contribution in [-0.2, 0) is 17.6 Å². The van der Waals surface area contributed by atoms with Crippen molar-refractivity contribution in [3.05, 3.63) is 29.3 Å². The summed E-state index contributed by atoms with van der Waals surface area (Å²) in [6.45, 7) is 4.07. The SMILES string of the molecule is CC1(C)CCc2cccc(CC(=O)O)c2O1. The first-order chi connectivity index (χ1) is 7.48. The maximum atomic E-state index is 10.8. The van der Waals surface area contributed by atoms with Crippen molar-refractivity contribution in [3.8, 4) is 5.75 Å². The third kappa shape index (κ3) is 2.18. The third-order valence-corrected chi connectivity index (χ3v) is 2.89. The smallest absolute Gasteiger partial charge is 0.307 e. The van der Waals surface area contributed by atoms with Gasteiger partial charge in [-0.05, 0) is 32.3 Å². The molecule has 0 bridgehead atoms. The Bertz CT molecular complexity index is 421. The van der Waals surface area contributed by atoms with Crippen LogP contribution in [0.4, 0.5) is 0 Å². The standard InChI is InChI=1S/C13H16O3/c1-13(2)7-6-9-4-3-5-10(8-11(14)15)12(9)16-13/h3-5H,6-8H2,1-2H3,(H,14,15). The Kier molecular flexibility index (Phi) is 2.62. The summed E-state index contributed by atoms with van der Waals surface area (Å²) in [6, 6.07) is 5.74. The number of para-hydroxylation sites is 1. The highest BCUT2D eigenvalue weighted by atomic mass is 16.5. The van der Waals surface area contributed by atoms with Gasteiger partial charge in [0.1, 0.15) is 11.4 Å². The van der Waals surface area contributed by atoms with Crippen molar-refractivity contribution in [2.45, 2.75) is 38.7 Å². The lowest BCUT2D eigenvalue weighted by molar-refractivity contribution is -0.136. The molecule has 86 valence electrons. The molecule has 0 spiro atoms. The lowest BCUT2D eigenvalue weighted by Crippen LogP contribution is -2.33. The molecular formula is C13H16O3. The summed E-state index contributed by atoms with van der Waals surface area (Å²) in [4.78, 5) is 10.8. The molecule has 0 unspecified atom stereocenters. The van der Waals surface area contributed by atoms with Crippen LogP contribution in [0.15, 0.2) is 18.2 Å². The Balaban J connectivity index is 2.38. The zero-order valence-corrected chi connectivity index (χ0v) is 9.62. The van der Waals surface area contributed by atoms with Gasteiger partial charge in [0.25, 0.3) is 0 Å². The first-order valence-electron chi connectivity index (χ1n) is 5.49. The summed E-state index contributed by atoms with van der Waals surface area (Å²) in [5, 5.41) is 8.84. The molecule has 3 heteroatoms. The zero-order chi connectivity index (χ0) is 11.8. The van der Waals surface area contributed by atoms with E-state index in [1.807, 2.05) is 32.0 Å². The highest BCUT2D eigenvalue weighted by Gasteiger charge is 2.28. The summed E-state index contributed by atoms with van der Waals surface area (Å²) >= 11 is 0. The number of hydrogen-bond donors (Lipinski definition) is 1. The average molecular weight is 220 g/mol. The topological polar surface area (TPSA) is 46.5 Å². The highest BCUT2D eigenvalue weighted by Crippen LogP contribution is 2.35. The minimum Gasteiger partial charge on any atom is -0.487 e. The number of rotatable bonds is 2. The maximum Gasteiger partial charge on any atom is 0.307 e. The molecule has 16 heavy (non-hydrogen) atoms. The van der Waals surface area contributed by atoms with Crippen molar-refractivity contribution in [2.75, 3.05) is 0 Å². The number of aliphatic carboxylic acids is 1. The monoisotopic (exact) mass is 220 g/mol. The predicted molar refractivity (Wildman–Crippen MR) is 60.8 cm³/mol. The minimum absolute atomic E-state index is 0.0270. The van der Waals surface area contributed by atoms with Gasteiger partial charge in [-0.3, -0.25) is 4.79 Å². The van der Waals surface area contributed by atoms with Crippen molar-refractivity contribution in [1.82, 2.24) is 0 Å². The Morgan fingerprint density at radius 2 is 2.25 bits per heavy atom. The van der Waals surface area contributed by atoms with E-state index < -0.39 is 5.97 Å². The minimum atomic E-state index is -0.819. The number of ether oxygens (including phenoxy) is 1. The van der Waals surface area contributed by atoms with Gasteiger partial charge in [-0.2, -0.15) is 0 Å². The number of benzene rings is 1. The molecule has 1 aliphatic rings. The van der Waals surface area contributed by atoms with Crippen molar-refractivity contribution in [2.24, 2.45) is 0 Å². The van der Waals surface area contributed by atoms with E-state index in [1.165, 1.54) is 0 Å².